The van der Waals surface area contributed by atoms with Gasteiger partial charge < -0.3 is 19.3 Å². The minimum atomic E-state index is -2.06. The number of hydrogen-bond acceptors (Lipinski definition) is 4. The van der Waals surface area contributed by atoms with Gasteiger partial charge in [0, 0.05) is 0 Å². The molecule has 3 rings (SSSR count). The zero-order valence-electron chi connectivity index (χ0n) is 16.6. The topological polar surface area (TPSA) is 47.9 Å². The van der Waals surface area contributed by atoms with Gasteiger partial charge in [-0.05, 0) is 36.0 Å². The first-order chi connectivity index (χ1) is 14.2. The van der Waals surface area contributed by atoms with Gasteiger partial charge in [-0.1, -0.05) is 91.0 Å². The highest BCUT2D eigenvalue weighted by Gasteiger charge is 2.30. The Balaban J connectivity index is 1.51. The third-order valence-corrected chi connectivity index (χ3v) is 4.55. The molecule has 0 aliphatic rings. The standard InChI is InChI=1S/C25H28O4/c26-25(27-19-16-22-10-4-1-5-11-22,28-20-17-23-12-6-2-7-13-23)29-21-18-24-14-8-3-9-15-24/h1-15,26H,16-21H2. The van der Waals surface area contributed by atoms with Gasteiger partial charge in [-0.3, -0.25) is 0 Å². The maximum Gasteiger partial charge on any atom is 0.410 e. The summed E-state index contributed by atoms with van der Waals surface area (Å²) in [6.45, 7) is 0.867. The molecule has 0 bridgehead atoms. The van der Waals surface area contributed by atoms with Crippen LogP contribution in [0.2, 0.25) is 0 Å². The van der Waals surface area contributed by atoms with Gasteiger partial charge in [-0.2, -0.15) is 0 Å². The molecule has 0 radical (unpaired) electrons. The fourth-order valence-corrected chi connectivity index (χ4v) is 2.95. The van der Waals surface area contributed by atoms with Crippen molar-refractivity contribution in [1.82, 2.24) is 0 Å². The summed E-state index contributed by atoms with van der Waals surface area (Å²) in [6, 6.07) is 29.9. The van der Waals surface area contributed by atoms with Crippen LogP contribution in [0.25, 0.3) is 0 Å². The average Bonchev–Trinajstić information content (AvgIpc) is 2.76. The maximum atomic E-state index is 10.8. The highest BCUT2D eigenvalue weighted by atomic mass is 17.0. The van der Waals surface area contributed by atoms with E-state index < -0.39 is 6.16 Å². The summed E-state index contributed by atoms with van der Waals surface area (Å²) in [4.78, 5) is 0. The summed E-state index contributed by atoms with van der Waals surface area (Å²) in [6.07, 6.45) is -0.0773. The van der Waals surface area contributed by atoms with E-state index >= 15 is 0 Å². The molecule has 0 amide bonds. The fourth-order valence-electron chi connectivity index (χ4n) is 2.95. The van der Waals surface area contributed by atoms with E-state index in [1.807, 2.05) is 91.0 Å². The molecule has 1 N–H and O–H groups in total. The molecule has 0 unspecified atom stereocenters. The first kappa shape index (κ1) is 21.2. The lowest BCUT2D eigenvalue weighted by atomic mass is 10.2. The van der Waals surface area contributed by atoms with Gasteiger partial charge in [0.1, 0.15) is 0 Å². The molecule has 4 heteroatoms. The van der Waals surface area contributed by atoms with E-state index in [1.54, 1.807) is 0 Å². The summed E-state index contributed by atoms with van der Waals surface area (Å²) in [5.41, 5.74) is 3.38. The monoisotopic (exact) mass is 392 g/mol. The third-order valence-electron chi connectivity index (χ3n) is 4.55. The van der Waals surface area contributed by atoms with E-state index in [1.165, 1.54) is 0 Å². The van der Waals surface area contributed by atoms with E-state index in [0.717, 1.165) is 16.7 Å². The predicted molar refractivity (Wildman–Crippen MR) is 113 cm³/mol. The van der Waals surface area contributed by atoms with Crippen LogP contribution in [0, 0.1) is 0 Å². The van der Waals surface area contributed by atoms with Gasteiger partial charge in [0.2, 0.25) is 0 Å². The second kappa shape index (κ2) is 11.5. The first-order valence-electron chi connectivity index (χ1n) is 9.99. The molecule has 0 aromatic heterocycles. The van der Waals surface area contributed by atoms with E-state index in [4.69, 9.17) is 14.2 Å². The number of ether oxygens (including phenoxy) is 3. The molecule has 0 fully saturated rings. The van der Waals surface area contributed by atoms with Crippen LogP contribution in [0.4, 0.5) is 0 Å². The Bertz CT molecular complexity index is 695. The third kappa shape index (κ3) is 7.80. The van der Waals surface area contributed by atoms with Crippen LogP contribution in [0.15, 0.2) is 91.0 Å². The van der Waals surface area contributed by atoms with E-state index in [-0.39, 0.29) is 19.8 Å². The Morgan fingerprint density at radius 2 is 0.759 bits per heavy atom. The maximum absolute atomic E-state index is 10.8. The Kier molecular flexibility index (Phi) is 8.40. The van der Waals surface area contributed by atoms with E-state index in [9.17, 15) is 5.11 Å². The molecular weight excluding hydrogens is 364 g/mol. The van der Waals surface area contributed by atoms with Gasteiger partial charge in [0.25, 0.3) is 0 Å². The molecule has 0 heterocycles. The molecule has 3 aromatic rings. The molecule has 0 aliphatic heterocycles. The Morgan fingerprint density at radius 3 is 1.03 bits per heavy atom. The van der Waals surface area contributed by atoms with Crippen LogP contribution in [-0.2, 0) is 33.5 Å². The molecule has 4 nitrogen and oxygen atoms in total. The number of rotatable bonds is 12. The van der Waals surface area contributed by atoms with Crippen molar-refractivity contribution in [3.8, 4) is 0 Å². The Labute approximate surface area is 172 Å². The van der Waals surface area contributed by atoms with Gasteiger partial charge in [0.15, 0.2) is 0 Å². The van der Waals surface area contributed by atoms with Crippen molar-refractivity contribution in [1.29, 1.82) is 0 Å². The van der Waals surface area contributed by atoms with Crippen molar-refractivity contribution in [2.75, 3.05) is 19.8 Å². The van der Waals surface area contributed by atoms with E-state index in [0.29, 0.717) is 19.3 Å². The predicted octanol–water partition coefficient (Wildman–Crippen LogP) is 4.37. The molecule has 0 atom stereocenters. The van der Waals surface area contributed by atoms with Crippen LogP contribution >= 0.6 is 0 Å². The van der Waals surface area contributed by atoms with Crippen LogP contribution in [0.3, 0.4) is 0 Å². The summed E-state index contributed by atoms with van der Waals surface area (Å²) in [7, 11) is 0. The number of aliphatic hydroxyl groups is 1. The summed E-state index contributed by atoms with van der Waals surface area (Å²) in [5.74, 6) is 0. The normalized spacial score (nSPS) is 11.5. The molecule has 0 saturated heterocycles. The number of benzene rings is 3. The lowest BCUT2D eigenvalue weighted by Gasteiger charge is -2.27. The van der Waals surface area contributed by atoms with Gasteiger partial charge in [-0.25, -0.2) is 0 Å². The summed E-state index contributed by atoms with van der Waals surface area (Å²) >= 11 is 0. The van der Waals surface area contributed by atoms with Gasteiger partial charge in [0.05, 0.1) is 19.8 Å². The molecule has 0 aliphatic carbocycles. The molecule has 3 aromatic carbocycles. The van der Waals surface area contributed by atoms with Crippen molar-refractivity contribution in [3.63, 3.8) is 0 Å². The van der Waals surface area contributed by atoms with Crippen LogP contribution in [-0.4, -0.2) is 31.1 Å². The van der Waals surface area contributed by atoms with Crippen LogP contribution in [0.1, 0.15) is 16.7 Å². The van der Waals surface area contributed by atoms with Gasteiger partial charge in [-0.15, -0.1) is 0 Å². The molecule has 0 saturated carbocycles. The molecule has 0 spiro atoms. The van der Waals surface area contributed by atoms with Gasteiger partial charge >= 0.3 is 6.16 Å². The summed E-state index contributed by atoms with van der Waals surface area (Å²) < 4.78 is 16.9. The Morgan fingerprint density at radius 1 is 0.483 bits per heavy atom. The van der Waals surface area contributed by atoms with Crippen molar-refractivity contribution in [3.05, 3.63) is 108 Å². The highest BCUT2D eigenvalue weighted by Crippen LogP contribution is 2.15. The molecule has 29 heavy (non-hydrogen) atoms. The SMILES string of the molecule is OC(OCCc1ccccc1)(OCCc1ccccc1)OCCc1ccccc1. The first-order valence-corrected chi connectivity index (χ1v) is 9.99. The number of hydrogen-bond donors (Lipinski definition) is 1. The van der Waals surface area contributed by atoms with Crippen LogP contribution < -0.4 is 0 Å². The smallest absolute Gasteiger partial charge is 0.319 e. The van der Waals surface area contributed by atoms with Crippen molar-refractivity contribution >= 4 is 0 Å². The van der Waals surface area contributed by atoms with Crippen molar-refractivity contribution < 1.29 is 19.3 Å². The summed E-state index contributed by atoms with van der Waals surface area (Å²) in [5, 5.41) is 10.8. The fraction of sp³-hybridized carbons (Fsp3) is 0.280. The molecule has 152 valence electrons. The second-order valence-electron chi connectivity index (χ2n) is 6.78. The zero-order chi connectivity index (χ0) is 20.2. The minimum Gasteiger partial charge on any atom is -0.319 e. The quantitative estimate of drug-likeness (QED) is 0.465. The van der Waals surface area contributed by atoms with Crippen molar-refractivity contribution in [2.45, 2.75) is 25.4 Å². The van der Waals surface area contributed by atoms with Crippen LogP contribution in [0.5, 0.6) is 0 Å². The van der Waals surface area contributed by atoms with E-state index in [2.05, 4.69) is 0 Å². The molecular formula is C25H28O4. The zero-order valence-corrected chi connectivity index (χ0v) is 16.6. The minimum absolute atomic E-state index is 0.289. The average molecular weight is 392 g/mol. The largest absolute Gasteiger partial charge is 0.410 e. The van der Waals surface area contributed by atoms with Crippen molar-refractivity contribution in [2.24, 2.45) is 0 Å². The Hall–Kier alpha value is -2.50. The lowest BCUT2D eigenvalue weighted by Crippen LogP contribution is -2.40. The highest BCUT2D eigenvalue weighted by molar-refractivity contribution is 5.16. The lowest BCUT2D eigenvalue weighted by molar-refractivity contribution is -0.484. The second-order valence-corrected chi connectivity index (χ2v) is 6.78.